The molecule has 0 spiro atoms. The third kappa shape index (κ3) is 1.66. The first kappa shape index (κ1) is 9.65. The van der Waals surface area contributed by atoms with Crippen molar-refractivity contribution in [1.82, 2.24) is 10.4 Å². The van der Waals surface area contributed by atoms with Crippen molar-refractivity contribution in [1.29, 1.82) is 10.5 Å². The van der Waals surface area contributed by atoms with Gasteiger partial charge >= 0.3 is 0 Å². The van der Waals surface area contributed by atoms with Crippen LogP contribution in [-0.2, 0) is 0 Å². The van der Waals surface area contributed by atoms with Crippen LogP contribution in [0.1, 0.15) is 21.6 Å². The quantitative estimate of drug-likeness (QED) is 0.347. The highest BCUT2D eigenvalue weighted by Gasteiger charge is 2.11. The van der Waals surface area contributed by atoms with Crippen molar-refractivity contribution in [2.45, 2.75) is 0 Å². The molecule has 0 bridgehead atoms. The fourth-order valence-electron chi connectivity index (χ4n) is 0.871. The molecule has 1 amide bonds. The number of pyridine rings is 1. The second-order valence-electron chi connectivity index (χ2n) is 2.31. The molecule has 0 aliphatic carbocycles. The van der Waals surface area contributed by atoms with E-state index in [0.717, 1.165) is 6.20 Å². The first-order chi connectivity index (χ1) is 6.72. The summed E-state index contributed by atoms with van der Waals surface area (Å²) in [5, 5.41) is 17.2. The Kier molecular flexibility index (Phi) is 2.75. The number of amides is 1. The summed E-state index contributed by atoms with van der Waals surface area (Å²) >= 11 is 0. The topological polar surface area (TPSA) is 116 Å². The van der Waals surface area contributed by atoms with E-state index in [1.807, 2.05) is 5.43 Å². The number of nitrogens with one attached hydrogen (secondary N) is 1. The zero-order valence-corrected chi connectivity index (χ0v) is 6.98. The van der Waals surface area contributed by atoms with Crippen molar-refractivity contribution >= 4 is 5.91 Å². The molecule has 0 saturated heterocycles. The molecule has 0 fully saturated rings. The van der Waals surface area contributed by atoms with Crippen LogP contribution in [0, 0.1) is 22.7 Å². The Balaban J connectivity index is 3.32. The molecule has 1 heterocycles. The monoisotopic (exact) mass is 187 g/mol. The smallest absolute Gasteiger partial charge is 0.266 e. The minimum Gasteiger partial charge on any atom is -0.290 e. The van der Waals surface area contributed by atoms with Gasteiger partial charge in [-0.1, -0.05) is 0 Å². The number of nitrogens with zero attached hydrogens (tertiary/aromatic N) is 3. The number of aromatic nitrogens is 1. The molecule has 0 atom stereocenters. The van der Waals surface area contributed by atoms with E-state index in [0.29, 0.717) is 0 Å². The summed E-state index contributed by atoms with van der Waals surface area (Å²) in [6, 6.07) is 4.74. The minimum absolute atomic E-state index is 0.0431. The van der Waals surface area contributed by atoms with Crippen molar-refractivity contribution in [3.05, 3.63) is 29.1 Å². The Morgan fingerprint density at radius 2 is 2.21 bits per heavy atom. The lowest BCUT2D eigenvalue weighted by molar-refractivity contribution is 0.0953. The van der Waals surface area contributed by atoms with Crippen LogP contribution in [0.25, 0.3) is 0 Å². The number of nitrogens with two attached hydrogens (primary N) is 1. The molecule has 3 N–H and O–H groups in total. The first-order valence-corrected chi connectivity index (χ1v) is 3.54. The Morgan fingerprint density at radius 1 is 1.50 bits per heavy atom. The second kappa shape index (κ2) is 3.99. The predicted molar refractivity (Wildman–Crippen MR) is 45.3 cm³/mol. The number of carbonyl (C=O) groups excluding carboxylic acids is 1. The van der Waals surface area contributed by atoms with Crippen LogP contribution in [0.5, 0.6) is 0 Å². The molecule has 68 valence electrons. The average molecular weight is 187 g/mol. The lowest BCUT2D eigenvalue weighted by Gasteiger charge is -2.00. The van der Waals surface area contributed by atoms with Gasteiger partial charge in [-0.25, -0.2) is 10.8 Å². The van der Waals surface area contributed by atoms with E-state index in [1.165, 1.54) is 6.07 Å². The van der Waals surface area contributed by atoms with E-state index >= 15 is 0 Å². The molecular weight excluding hydrogens is 182 g/mol. The van der Waals surface area contributed by atoms with Crippen LogP contribution in [0.3, 0.4) is 0 Å². The lowest BCUT2D eigenvalue weighted by Crippen LogP contribution is -2.30. The third-order valence-electron chi connectivity index (χ3n) is 1.51. The summed E-state index contributed by atoms with van der Waals surface area (Å²) in [6.45, 7) is 0. The van der Waals surface area contributed by atoms with Crippen LogP contribution < -0.4 is 11.3 Å². The average Bonchev–Trinajstić information content (AvgIpc) is 2.27. The normalized spacial score (nSPS) is 8.50. The van der Waals surface area contributed by atoms with Gasteiger partial charge in [-0.3, -0.25) is 10.2 Å². The maximum absolute atomic E-state index is 11.1. The largest absolute Gasteiger partial charge is 0.290 e. The number of hydrazine groups is 1. The summed E-state index contributed by atoms with van der Waals surface area (Å²) < 4.78 is 0. The van der Waals surface area contributed by atoms with E-state index in [1.54, 1.807) is 12.1 Å². The van der Waals surface area contributed by atoms with E-state index in [4.69, 9.17) is 16.4 Å². The molecule has 0 radical (unpaired) electrons. The van der Waals surface area contributed by atoms with Gasteiger partial charge in [0.1, 0.15) is 17.8 Å². The number of nitriles is 2. The summed E-state index contributed by atoms with van der Waals surface area (Å²) in [4.78, 5) is 14.8. The molecule has 1 rings (SSSR count). The van der Waals surface area contributed by atoms with E-state index < -0.39 is 5.91 Å². The van der Waals surface area contributed by atoms with Crippen LogP contribution in [-0.4, -0.2) is 10.9 Å². The van der Waals surface area contributed by atoms with Gasteiger partial charge in [0.25, 0.3) is 5.91 Å². The summed E-state index contributed by atoms with van der Waals surface area (Å²) in [6.07, 6.45) is 1.16. The van der Waals surface area contributed by atoms with Crippen molar-refractivity contribution in [3.63, 3.8) is 0 Å². The molecule has 6 heteroatoms. The van der Waals surface area contributed by atoms with Crippen LogP contribution >= 0.6 is 0 Å². The minimum atomic E-state index is -0.625. The summed E-state index contributed by atoms with van der Waals surface area (Å²) in [7, 11) is 0. The zero-order chi connectivity index (χ0) is 10.6. The standard InChI is InChI=1S/C8H5N5O/c9-2-5-4-12-6(3-10)1-7(5)8(14)13-11/h1,4H,11H2,(H,13,14). The number of rotatable bonds is 1. The highest BCUT2D eigenvalue weighted by atomic mass is 16.2. The SMILES string of the molecule is N#Cc1cc(C(=O)NN)c(C#N)cn1. The molecule has 1 aromatic heterocycles. The van der Waals surface area contributed by atoms with Gasteiger partial charge in [0.15, 0.2) is 0 Å². The zero-order valence-electron chi connectivity index (χ0n) is 6.98. The summed E-state index contributed by atoms with van der Waals surface area (Å²) in [5.74, 6) is 4.28. The maximum Gasteiger partial charge on any atom is 0.266 e. The molecular formula is C8H5N5O. The van der Waals surface area contributed by atoms with Crippen molar-refractivity contribution in [2.24, 2.45) is 5.84 Å². The first-order valence-electron chi connectivity index (χ1n) is 3.54. The van der Waals surface area contributed by atoms with Gasteiger partial charge in [0.2, 0.25) is 0 Å². The van der Waals surface area contributed by atoms with Crippen LogP contribution in [0.4, 0.5) is 0 Å². The number of hydrogen-bond donors (Lipinski definition) is 2. The molecule has 6 nitrogen and oxygen atoms in total. The molecule has 0 saturated carbocycles. The van der Waals surface area contributed by atoms with E-state index in [2.05, 4.69) is 4.98 Å². The Hall–Kier alpha value is -2.44. The van der Waals surface area contributed by atoms with E-state index in [9.17, 15) is 4.79 Å². The third-order valence-corrected chi connectivity index (χ3v) is 1.51. The predicted octanol–water partition coefficient (Wildman–Crippen LogP) is -0.572. The van der Waals surface area contributed by atoms with Crippen LogP contribution in [0.15, 0.2) is 12.3 Å². The van der Waals surface area contributed by atoms with Gasteiger partial charge in [-0.15, -0.1) is 0 Å². The Bertz CT molecular complexity index is 454. The number of hydrogen-bond acceptors (Lipinski definition) is 5. The van der Waals surface area contributed by atoms with Crippen molar-refractivity contribution in [3.8, 4) is 12.1 Å². The molecule has 0 aliphatic heterocycles. The Labute approximate surface area is 79.6 Å². The summed E-state index contributed by atoms with van der Waals surface area (Å²) in [5.41, 5.74) is 2.06. The Morgan fingerprint density at radius 3 is 2.71 bits per heavy atom. The lowest BCUT2D eigenvalue weighted by atomic mass is 10.1. The van der Waals surface area contributed by atoms with Gasteiger partial charge < -0.3 is 0 Å². The van der Waals surface area contributed by atoms with Gasteiger partial charge in [0.05, 0.1) is 11.1 Å². The molecule has 0 unspecified atom stereocenters. The fraction of sp³-hybridized carbons (Fsp3) is 0. The highest BCUT2D eigenvalue weighted by Crippen LogP contribution is 2.07. The van der Waals surface area contributed by atoms with Gasteiger partial charge in [-0.2, -0.15) is 10.5 Å². The van der Waals surface area contributed by atoms with Gasteiger partial charge in [-0.05, 0) is 6.07 Å². The second-order valence-corrected chi connectivity index (χ2v) is 2.31. The molecule has 0 aromatic carbocycles. The van der Waals surface area contributed by atoms with Crippen LogP contribution in [0.2, 0.25) is 0 Å². The fourth-order valence-corrected chi connectivity index (χ4v) is 0.871. The van der Waals surface area contributed by atoms with Crippen molar-refractivity contribution in [2.75, 3.05) is 0 Å². The van der Waals surface area contributed by atoms with E-state index in [-0.39, 0.29) is 16.8 Å². The van der Waals surface area contributed by atoms with Crippen molar-refractivity contribution < 1.29 is 4.79 Å². The highest BCUT2D eigenvalue weighted by molar-refractivity contribution is 5.96. The van der Waals surface area contributed by atoms with Gasteiger partial charge in [0, 0.05) is 6.20 Å². The molecule has 14 heavy (non-hydrogen) atoms. The number of carbonyl (C=O) groups is 1. The maximum atomic E-state index is 11.1. The number of nitrogen functional groups attached to an aromatic ring is 1. The molecule has 0 aliphatic rings. The molecule has 1 aromatic rings.